The molecule has 166 valence electrons. The van der Waals surface area contributed by atoms with E-state index in [0.29, 0.717) is 18.4 Å². The van der Waals surface area contributed by atoms with Crippen molar-refractivity contribution in [2.24, 2.45) is 16.8 Å². The summed E-state index contributed by atoms with van der Waals surface area (Å²) in [5.74, 6) is 3.73. The van der Waals surface area contributed by atoms with Crippen LogP contribution in [-0.4, -0.2) is 68.5 Å². The van der Waals surface area contributed by atoms with Crippen LogP contribution < -0.4 is 10.6 Å². The Morgan fingerprint density at radius 2 is 2.00 bits per heavy atom. The smallest absolute Gasteiger partial charge is 0.191 e. The van der Waals surface area contributed by atoms with Crippen molar-refractivity contribution in [3.05, 3.63) is 23.7 Å². The summed E-state index contributed by atoms with van der Waals surface area (Å²) in [7, 11) is 0. The van der Waals surface area contributed by atoms with Gasteiger partial charge in [-0.25, -0.2) is 0 Å². The van der Waals surface area contributed by atoms with Gasteiger partial charge in [0.2, 0.25) is 0 Å². The second kappa shape index (κ2) is 12.9. The zero-order chi connectivity index (χ0) is 21.1. The van der Waals surface area contributed by atoms with Gasteiger partial charge in [0.05, 0.1) is 19.3 Å². The first kappa shape index (κ1) is 23.7. The monoisotopic (exact) mass is 408 g/mol. The third-order valence-electron chi connectivity index (χ3n) is 5.23. The molecule has 1 aromatic heterocycles. The van der Waals surface area contributed by atoms with E-state index < -0.39 is 0 Å². The highest BCUT2D eigenvalue weighted by molar-refractivity contribution is 5.79. The molecule has 0 saturated carbocycles. The molecule has 0 aliphatic carbocycles. The topological polar surface area (TPSA) is 82.3 Å². The minimum absolute atomic E-state index is 0.139. The molecule has 1 aliphatic heterocycles. The number of hydrogen-bond acceptors (Lipinski definition) is 5. The van der Waals surface area contributed by atoms with Crippen LogP contribution >= 0.6 is 0 Å². The number of aryl methyl sites for hydroxylation is 1. The lowest BCUT2D eigenvalue weighted by Gasteiger charge is -2.33. The fraction of sp³-hybridized carbons (Fsp3) is 0.773. The molecule has 2 atom stereocenters. The van der Waals surface area contributed by atoms with Gasteiger partial charge >= 0.3 is 0 Å². The van der Waals surface area contributed by atoms with E-state index in [2.05, 4.69) is 42.4 Å². The Morgan fingerprint density at radius 1 is 1.24 bits per heavy atom. The van der Waals surface area contributed by atoms with Crippen molar-refractivity contribution in [1.82, 2.24) is 15.5 Å². The van der Waals surface area contributed by atoms with E-state index in [9.17, 15) is 5.11 Å². The average Bonchev–Trinajstić information content (AvgIpc) is 3.12. The molecule has 7 heteroatoms. The first-order valence-corrected chi connectivity index (χ1v) is 11.0. The SMILES string of the molecule is CCNC(=NCC(CCO)CC(C)C)NCC(c1ccc(C)o1)N1CCOCC1. The van der Waals surface area contributed by atoms with Gasteiger partial charge in [-0.05, 0) is 50.7 Å². The first-order chi connectivity index (χ1) is 14.0. The van der Waals surface area contributed by atoms with Gasteiger partial charge in [0, 0.05) is 39.3 Å². The summed E-state index contributed by atoms with van der Waals surface area (Å²) >= 11 is 0. The standard InChI is InChI=1S/C22H40N4O3/c1-5-23-22(24-15-19(8-11-27)14-17(2)3)25-16-20(21-7-6-18(4)29-21)26-9-12-28-13-10-26/h6-7,17,19-20,27H,5,8-16H2,1-4H3,(H2,23,24,25). The molecule has 29 heavy (non-hydrogen) atoms. The van der Waals surface area contributed by atoms with Crippen LogP contribution in [0.4, 0.5) is 0 Å². The molecule has 7 nitrogen and oxygen atoms in total. The van der Waals surface area contributed by atoms with Gasteiger partial charge in [-0.1, -0.05) is 13.8 Å². The Labute approximate surface area is 175 Å². The van der Waals surface area contributed by atoms with Gasteiger partial charge in [0.25, 0.3) is 0 Å². The number of ether oxygens (including phenoxy) is 1. The van der Waals surface area contributed by atoms with Crippen molar-refractivity contribution < 1.29 is 14.3 Å². The van der Waals surface area contributed by atoms with Gasteiger partial charge in [0.1, 0.15) is 11.5 Å². The fourth-order valence-corrected chi connectivity index (χ4v) is 3.82. The van der Waals surface area contributed by atoms with E-state index in [-0.39, 0.29) is 12.6 Å². The number of aliphatic hydroxyl groups is 1. The van der Waals surface area contributed by atoms with E-state index in [1.807, 2.05) is 13.0 Å². The number of rotatable bonds is 11. The molecule has 0 aromatic carbocycles. The average molecular weight is 409 g/mol. The minimum Gasteiger partial charge on any atom is -0.465 e. The van der Waals surface area contributed by atoms with Crippen molar-refractivity contribution >= 4 is 5.96 Å². The number of aliphatic imine (C=N–C) groups is 1. The molecule has 2 rings (SSSR count). The summed E-state index contributed by atoms with van der Waals surface area (Å²) in [6, 6.07) is 4.23. The largest absolute Gasteiger partial charge is 0.465 e. The second-order valence-corrected chi connectivity index (χ2v) is 8.22. The Hall–Kier alpha value is -1.57. The van der Waals surface area contributed by atoms with E-state index in [4.69, 9.17) is 14.1 Å². The van der Waals surface area contributed by atoms with E-state index >= 15 is 0 Å². The van der Waals surface area contributed by atoms with Gasteiger partial charge in [0.15, 0.2) is 5.96 Å². The van der Waals surface area contributed by atoms with Crippen LogP contribution in [0.15, 0.2) is 21.5 Å². The summed E-state index contributed by atoms with van der Waals surface area (Å²) in [6.07, 6.45) is 1.87. The molecule has 1 fully saturated rings. The normalized spacial score (nSPS) is 18.1. The molecule has 2 unspecified atom stereocenters. The van der Waals surface area contributed by atoms with Crippen molar-refractivity contribution in [2.75, 3.05) is 52.5 Å². The molecule has 2 heterocycles. The predicted octanol–water partition coefficient (Wildman–Crippen LogP) is 2.56. The van der Waals surface area contributed by atoms with Crippen LogP contribution in [0, 0.1) is 18.8 Å². The van der Waals surface area contributed by atoms with Crippen LogP contribution in [0.2, 0.25) is 0 Å². The number of nitrogens with zero attached hydrogens (tertiary/aromatic N) is 2. The van der Waals surface area contributed by atoms with Crippen LogP contribution in [-0.2, 0) is 4.74 Å². The molecule has 0 amide bonds. The van der Waals surface area contributed by atoms with Crippen molar-refractivity contribution in [2.45, 2.75) is 46.6 Å². The molecular weight excluding hydrogens is 368 g/mol. The summed E-state index contributed by atoms with van der Waals surface area (Å²) in [5, 5.41) is 16.2. The first-order valence-electron chi connectivity index (χ1n) is 11.0. The Bertz CT molecular complexity index is 597. The lowest BCUT2D eigenvalue weighted by molar-refractivity contribution is 0.0124. The van der Waals surface area contributed by atoms with Crippen LogP contribution in [0.3, 0.4) is 0 Å². The second-order valence-electron chi connectivity index (χ2n) is 8.22. The van der Waals surface area contributed by atoms with E-state index in [1.165, 1.54) is 0 Å². The van der Waals surface area contributed by atoms with E-state index in [0.717, 1.165) is 69.7 Å². The van der Waals surface area contributed by atoms with Crippen LogP contribution in [0.1, 0.15) is 51.2 Å². The maximum Gasteiger partial charge on any atom is 0.191 e. The quantitative estimate of drug-likeness (QED) is 0.386. The van der Waals surface area contributed by atoms with Gasteiger partial charge in [-0.3, -0.25) is 9.89 Å². The number of guanidine groups is 1. The van der Waals surface area contributed by atoms with Crippen LogP contribution in [0.5, 0.6) is 0 Å². The fourth-order valence-electron chi connectivity index (χ4n) is 3.82. The lowest BCUT2D eigenvalue weighted by atomic mass is 9.94. The predicted molar refractivity (Wildman–Crippen MR) is 117 cm³/mol. The molecule has 1 saturated heterocycles. The molecule has 1 aliphatic rings. The van der Waals surface area contributed by atoms with Crippen molar-refractivity contribution in [3.63, 3.8) is 0 Å². The third kappa shape index (κ3) is 8.36. The molecule has 3 N–H and O–H groups in total. The highest BCUT2D eigenvalue weighted by Gasteiger charge is 2.25. The highest BCUT2D eigenvalue weighted by atomic mass is 16.5. The molecular formula is C22H40N4O3. The Morgan fingerprint density at radius 3 is 2.59 bits per heavy atom. The van der Waals surface area contributed by atoms with Gasteiger partial charge in [-0.2, -0.15) is 0 Å². The zero-order valence-corrected chi connectivity index (χ0v) is 18.6. The maximum atomic E-state index is 9.36. The summed E-state index contributed by atoms with van der Waals surface area (Å²) in [4.78, 5) is 7.22. The Balaban J connectivity index is 2.03. The Kier molecular flexibility index (Phi) is 10.5. The molecule has 1 aromatic rings. The summed E-state index contributed by atoms with van der Waals surface area (Å²) < 4.78 is 11.5. The van der Waals surface area contributed by atoms with Crippen LogP contribution in [0.25, 0.3) is 0 Å². The maximum absolute atomic E-state index is 9.36. The summed E-state index contributed by atoms with van der Waals surface area (Å²) in [6.45, 7) is 14.2. The van der Waals surface area contributed by atoms with Crippen molar-refractivity contribution in [1.29, 1.82) is 0 Å². The van der Waals surface area contributed by atoms with Gasteiger partial charge in [-0.15, -0.1) is 0 Å². The highest BCUT2D eigenvalue weighted by Crippen LogP contribution is 2.23. The number of morpholine rings is 1. The number of aliphatic hydroxyl groups excluding tert-OH is 1. The molecule has 0 bridgehead atoms. The molecule has 0 radical (unpaired) electrons. The number of furan rings is 1. The van der Waals surface area contributed by atoms with E-state index in [1.54, 1.807) is 0 Å². The van der Waals surface area contributed by atoms with Crippen molar-refractivity contribution in [3.8, 4) is 0 Å². The number of nitrogens with one attached hydrogen (secondary N) is 2. The number of hydrogen-bond donors (Lipinski definition) is 3. The molecule has 0 spiro atoms. The summed E-state index contributed by atoms with van der Waals surface area (Å²) in [5.41, 5.74) is 0. The lowest BCUT2D eigenvalue weighted by Crippen LogP contribution is -2.46. The van der Waals surface area contributed by atoms with Gasteiger partial charge < -0.3 is 24.9 Å². The third-order valence-corrected chi connectivity index (χ3v) is 5.23. The zero-order valence-electron chi connectivity index (χ0n) is 18.6. The minimum atomic E-state index is 0.139.